The zero-order valence-electron chi connectivity index (χ0n) is 17.4. The molecule has 0 amide bonds. The molecule has 7 nitrogen and oxygen atoms in total. The highest BCUT2D eigenvalue weighted by Gasteiger charge is 2.46. The molecule has 0 bridgehead atoms. The van der Waals surface area contributed by atoms with Gasteiger partial charge in [-0.15, -0.1) is 0 Å². The molecule has 1 N–H and O–H groups in total. The summed E-state index contributed by atoms with van der Waals surface area (Å²) in [6.07, 6.45) is -0.819. The normalized spacial score (nSPS) is 25.4. The summed E-state index contributed by atoms with van der Waals surface area (Å²) in [5.74, 6) is 2.24. The monoisotopic (exact) mass is 412 g/mol. The Morgan fingerprint density at radius 1 is 1.10 bits per heavy atom. The molecule has 3 atom stereocenters. The van der Waals surface area contributed by atoms with E-state index in [-0.39, 0.29) is 12.4 Å². The fraction of sp³-hybridized carbons (Fsp3) is 0.435. The van der Waals surface area contributed by atoms with Crippen molar-refractivity contribution < 1.29 is 33.6 Å². The molecule has 2 aromatic rings. The summed E-state index contributed by atoms with van der Waals surface area (Å²) in [7, 11) is 3.11. The average Bonchev–Trinajstić information content (AvgIpc) is 2.73. The molecule has 2 aromatic carbocycles. The number of aliphatic hydroxyl groups is 1. The van der Waals surface area contributed by atoms with Crippen LogP contribution in [0.15, 0.2) is 24.3 Å². The fourth-order valence-corrected chi connectivity index (χ4v) is 4.46. The first-order valence-electron chi connectivity index (χ1n) is 9.96. The molecular weight excluding hydrogens is 388 g/mol. The molecule has 0 saturated carbocycles. The third-order valence-electron chi connectivity index (χ3n) is 6.23. The number of carbonyl (C=O) groups is 1. The van der Waals surface area contributed by atoms with Crippen LogP contribution in [0.4, 0.5) is 0 Å². The van der Waals surface area contributed by atoms with Crippen LogP contribution in [0.5, 0.6) is 28.7 Å². The molecule has 158 valence electrons. The Balaban J connectivity index is 1.60. The maximum Gasteiger partial charge on any atom is 0.178 e. The number of ketones is 1. The number of hydrogen-bond acceptors (Lipinski definition) is 7. The standard InChI is InChI=1S/C23H24O7/c1-23(2)19(24)8-13-14(30-23)6-5-11-21(25)20-12-7-16(26-3)17(27-4)9-15(12)28-10-18(20)29-22(11)13/h5-7,9,18-20,24H,8,10H2,1-4H3/t18-,19?,20+/m1/s1. The van der Waals surface area contributed by atoms with E-state index in [9.17, 15) is 9.90 Å². The van der Waals surface area contributed by atoms with Crippen LogP contribution in [0.3, 0.4) is 0 Å². The van der Waals surface area contributed by atoms with Crippen molar-refractivity contribution in [2.45, 2.75) is 44.0 Å². The summed E-state index contributed by atoms with van der Waals surface area (Å²) in [5.41, 5.74) is 1.23. The van der Waals surface area contributed by atoms with Crippen LogP contribution < -0.4 is 23.7 Å². The van der Waals surface area contributed by atoms with Gasteiger partial charge in [0, 0.05) is 23.6 Å². The maximum absolute atomic E-state index is 13.6. The van der Waals surface area contributed by atoms with E-state index in [1.807, 2.05) is 13.8 Å². The van der Waals surface area contributed by atoms with Gasteiger partial charge in [0.05, 0.1) is 31.8 Å². The van der Waals surface area contributed by atoms with Gasteiger partial charge in [-0.25, -0.2) is 0 Å². The molecule has 1 unspecified atom stereocenters. The minimum absolute atomic E-state index is 0.0415. The van der Waals surface area contributed by atoms with Gasteiger partial charge in [0.2, 0.25) is 0 Å². The number of carbonyl (C=O) groups excluding carboxylic acids is 1. The minimum Gasteiger partial charge on any atom is -0.493 e. The van der Waals surface area contributed by atoms with E-state index in [0.717, 1.165) is 11.1 Å². The van der Waals surface area contributed by atoms with E-state index < -0.39 is 23.7 Å². The van der Waals surface area contributed by atoms with E-state index >= 15 is 0 Å². The van der Waals surface area contributed by atoms with Crippen LogP contribution in [-0.2, 0) is 6.42 Å². The zero-order chi connectivity index (χ0) is 21.2. The highest BCUT2D eigenvalue weighted by Crippen LogP contribution is 2.49. The molecule has 0 radical (unpaired) electrons. The Hall–Kier alpha value is -2.93. The molecule has 3 heterocycles. The highest BCUT2D eigenvalue weighted by molar-refractivity contribution is 6.06. The number of rotatable bonds is 2. The van der Waals surface area contributed by atoms with Gasteiger partial charge in [-0.05, 0) is 32.0 Å². The number of hydrogen-bond donors (Lipinski definition) is 1. The summed E-state index contributed by atoms with van der Waals surface area (Å²) in [4.78, 5) is 13.6. The molecule has 0 aliphatic carbocycles. The van der Waals surface area contributed by atoms with Crippen LogP contribution in [0.1, 0.15) is 41.3 Å². The zero-order valence-corrected chi connectivity index (χ0v) is 17.4. The number of fused-ring (bicyclic) bond motifs is 6. The summed E-state index contributed by atoms with van der Waals surface area (Å²) < 4.78 is 28.9. The maximum atomic E-state index is 13.6. The van der Waals surface area contributed by atoms with Gasteiger partial charge in [-0.1, -0.05) is 0 Å². The second-order valence-corrected chi connectivity index (χ2v) is 8.40. The SMILES string of the molecule is COc1cc2c(cc1OC)[C@@H]1C(=O)c3ccc4c(c3O[C@@H]1CO2)CC(O)C(C)(C)O4. The van der Waals surface area contributed by atoms with Crippen molar-refractivity contribution in [1.29, 1.82) is 0 Å². The Kier molecular flexibility index (Phi) is 4.15. The molecule has 5 rings (SSSR count). The number of benzene rings is 2. The van der Waals surface area contributed by atoms with Crippen molar-refractivity contribution in [1.82, 2.24) is 0 Å². The summed E-state index contributed by atoms with van der Waals surface area (Å²) in [6, 6.07) is 7.06. The second kappa shape index (κ2) is 6.54. The van der Waals surface area contributed by atoms with Crippen molar-refractivity contribution in [3.8, 4) is 28.7 Å². The largest absolute Gasteiger partial charge is 0.493 e. The molecule has 3 aliphatic rings. The van der Waals surface area contributed by atoms with Crippen molar-refractivity contribution in [2.75, 3.05) is 20.8 Å². The van der Waals surface area contributed by atoms with Gasteiger partial charge < -0.3 is 28.8 Å². The predicted molar refractivity (Wildman–Crippen MR) is 107 cm³/mol. The lowest BCUT2D eigenvalue weighted by Crippen LogP contribution is -2.47. The van der Waals surface area contributed by atoms with Crippen LogP contribution in [0.2, 0.25) is 0 Å². The van der Waals surface area contributed by atoms with Crippen molar-refractivity contribution in [3.63, 3.8) is 0 Å². The lowest BCUT2D eigenvalue weighted by atomic mass is 9.80. The summed E-state index contributed by atoms with van der Waals surface area (Å²) in [5, 5.41) is 10.5. The molecule has 0 aromatic heterocycles. The smallest absolute Gasteiger partial charge is 0.178 e. The number of methoxy groups -OCH3 is 2. The third-order valence-corrected chi connectivity index (χ3v) is 6.23. The van der Waals surface area contributed by atoms with Crippen molar-refractivity contribution in [3.05, 3.63) is 41.0 Å². The van der Waals surface area contributed by atoms with Gasteiger partial charge in [-0.3, -0.25) is 4.79 Å². The van der Waals surface area contributed by atoms with E-state index in [2.05, 4.69) is 0 Å². The number of ether oxygens (including phenoxy) is 5. The van der Waals surface area contributed by atoms with Gasteiger partial charge in [0.15, 0.2) is 17.3 Å². The van der Waals surface area contributed by atoms with E-state index in [4.69, 9.17) is 23.7 Å². The first kappa shape index (κ1) is 19.1. The summed E-state index contributed by atoms with van der Waals surface area (Å²) >= 11 is 0. The quantitative estimate of drug-likeness (QED) is 0.812. The highest BCUT2D eigenvalue weighted by atomic mass is 16.5. The van der Waals surface area contributed by atoms with E-state index in [1.165, 1.54) is 0 Å². The lowest BCUT2D eigenvalue weighted by molar-refractivity contribution is -0.0425. The topological polar surface area (TPSA) is 83.5 Å². The van der Waals surface area contributed by atoms with Gasteiger partial charge in [0.25, 0.3) is 0 Å². The molecule has 3 aliphatic heterocycles. The fourth-order valence-electron chi connectivity index (χ4n) is 4.46. The second-order valence-electron chi connectivity index (χ2n) is 8.40. The number of Topliss-reactive ketones (excluding diaryl/α,β-unsaturated/α-hetero) is 1. The van der Waals surface area contributed by atoms with Gasteiger partial charge in [-0.2, -0.15) is 0 Å². The minimum atomic E-state index is -0.703. The van der Waals surface area contributed by atoms with Crippen LogP contribution in [0.25, 0.3) is 0 Å². The summed E-state index contributed by atoms with van der Waals surface area (Å²) in [6.45, 7) is 3.92. The van der Waals surface area contributed by atoms with Gasteiger partial charge >= 0.3 is 0 Å². The Bertz CT molecular complexity index is 1040. The van der Waals surface area contributed by atoms with E-state index in [0.29, 0.717) is 40.7 Å². The molecular formula is C23H24O7. The Morgan fingerprint density at radius 3 is 2.57 bits per heavy atom. The van der Waals surface area contributed by atoms with Crippen LogP contribution in [-0.4, -0.2) is 49.5 Å². The lowest BCUT2D eigenvalue weighted by Gasteiger charge is -2.41. The Labute approximate surface area is 174 Å². The van der Waals surface area contributed by atoms with Crippen LogP contribution >= 0.6 is 0 Å². The van der Waals surface area contributed by atoms with Crippen molar-refractivity contribution >= 4 is 5.78 Å². The molecule has 30 heavy (non-hydrogen) atoms. The molecule has 0 saturated heterocycles. The van der Waals surface area contributed by atoms with Crippen molar-refractivity contribution in [2.24, 2.45) is 0 Å². The first-order chi connectivity index (χ1) is 14.3. The van der Waals surface area contributed by atoms with Crippen LogP contribution in [0, 0.1) is 0 Å². The molecule has 0 spiro atoms. The predicted octanol–water partition coefficient (Wildman–Crippen LogP) is 2.90. The van der Waals surface area contributed by atoms with Gasteiger partial charge in [0.1, 0.15) is 35.6 Å². The third kappa shape index (κ3) is 2.65. The molecule has 0 fully saturated rings. The number of aliphatic hydroxyl groups excluding tert-OH is 1. The Morgan fingerprint density at radius 2 is 1.83 bits per heavy atom. The molecule has 7 heteroatoms. The average molecular weight is 412 g/mol. The first-order valence-corrected chi connectivity index (χ1v) is 9.96. The van der Waals surface area contributed by atoms with E-state index in [1.54, 1.807) is 38.5 Å².